The number of nitrogens with one attached hydrogen (secondary N) is 1. The molecular weight excluding hydrogens is 265 g/mol. The van der Waals surface area contributed by atoms with Crippen LogP contribution in [-0.4, -0.2) is 32.4 Å². The van der Waals surface area contributed by atoms with Gasteiger partial charge in [0.05, 0.1) is 16.9 Å². The molecule has 0 spiro atoms. The molecule has 0 aliphatic rings. The second-order valence-electron chi connectivity index (χ2n) is 4.26. The van der Waals surface area contributed by atoms with Crippen LogP contribution in [0.25, 0.3) is 0 Å². The first-order valence-electron chi connectivity index (χ1n) is 5.88. The lowest BCUT2D eigenvalue weighted by molar-refractivity contribution is 0.0692. The number of aryl methyl sites for hydroxylation is 1. The maximum Gasteiger partial charge on any atom is 0.338 e. The largest absolute Gasteiger partial charge is 0.478 e. The van der Waals surface area contributed by atoms with Gasteiger partial charge in [0.15, 0.2) is 0 Å². The maximum atomic E-state index is 13.5. The highest BCUT2D eigenvalue weighted by atomic mass is 19.1. The lowest BCUT2D eigenvalue weighted by Crippen LogP contribution is -2.11. The van der Waals surface area contributed by atoms with E-state index in [9.17, 15) is 9.18 Å². The van der Waals surface area contributed by atoms with E-state index in [0.29, 0.717) is 18.7 Å². The molecule has 20 heavy (non-hydrogen) atoms. The van der Waals surface area contributed by atoms with Gasteiger partial charge in [-0.25, -0.2) is 9.18 Å². The summed E-state index contributed by atoms with van der Waals surface area (Å²) in [5.41, 5.74) is 5.79. The molecular formula is C12H14FN5O2. The van der Waals surface area contributed by atoms with Crippen LogP contribution < -0.4 is 11.1 Å². The predicted octanol–water partition coefficient (Wildman–Crippen LogP) is 0.889. The number of hydrogen-bond donors (Lipinski definition) is 3. The summed E-state index contributed by atoms with van der Waals surface area (Å²) in [7, 11) is 1.82. The number of rotatable bonds is 5. The van der Waals surface area contributed by atoms with Crippen LogP contribution in [0.15, 0.2) is 18.5 Å². The number of nitrogens with zero attached hydrogens (tertiary/aromatic N) is 3. The van der Waals surface area contributed by atoms with Crippen LogP contribution in [0, 0.1) is 5.82 Å². The van der Waals surface area contributed by atoms with E-state index in [1.165, 1.54) is 0 Å². The predicted molar refractivity (Wildman–Crippen MR) is 71.0 cm³/mol. The Labute approximate surface area is 114 Å². The number of hydrogen-bond acceptors (Lipinski definition) is 5. The average molecular weight is 279 g/mol. The van der Waals surface area contributed by atoms with E-state index < -0.39 is 17.3 Å². The molecule has 106 valence electrons. The standard InChI is InChI=1S/C12H14FN5O2/c1-18-6-16-17-11(18)2-3-15-10-5-8(13)7(12(19)20)4-9(10)14/h4-6,15H,2-3,14H2,1H3,(H,19,20). The van der Waals surface area contributed by atoms with Crippen molar-refractivity contribution in [1.29, 1.82) is 0 Å². The monoisotopic (exact) mass is 279 g/mol. The molecule has 1 aromatic heterocycles. The Kier molecular flexibility index (Phi) is 3.83. The van der Waals surface area contributed by atoms with Crippen molar-refractivity contribution >= 4 is 17.3 Å². The first-order valence-corrected chi connectivity index (χ1v) is 5.88. The highest BCUT2D eigenvalue weighted by Crippen LogP contribution is 2.23. The third kappa shape index (κ3) is 2.85. The van der Waals surface area contributed by atoms with Gasteiger partial charge in [-0.15, -0.1) is 10.2 Å². The number of halogens is 1. The van der Waals surface area contributed by atoms with E-state index >= 15 is 0 Å². The smallest absolute Gasteiger partial charge is 0.338 e. The SMILES string of the molecule is Cn1cnnc1CCNc1cc(F)c(C(=O)O)cc1N. The number of carbonyl (C=O) groups is 1. The Morgan fingerprint density at radius 1 is 1.55 bits per heavy atom. The third-order valence-electron chi connectivity index (χ3n) is 2.84. The number of carboxylic acid groups (broad SMARTS) is 1. The molecule has 2 rings (SSSR count). The second kappa shape index (κ2) is 5.55. The van der Waals surface area contributed by atoms with Crippen LogP contribution in [0.5, 0.6) is 0 Å². The topological polar surface area (TPSA) is 106 Å². The second-order valence-corrected chi connectivity index (χ2v) is 4.26. The van der Waals surface area contributed by atoms with Crippen molar-refractivity contribution in [3.05, 3.63) is 35.7 Å². The lowest BCUT2D eigenvalue weighted by Gasteiger charge is -2.10. The van der Waals surface area contributed by atoms with Gasteiger partial charge in [-0.2, -0.15) is 0 Å². The number of aromatic carboxylic acids is 1. The van der Waals surface area contributed by atoms with Gasteiger partial charge >= 0.3 is 5.97 Å². The molecule has 1 heterocycles. The summed E-state index contributed by atoms with van der Waals surface area (Å²) in [6, 6.07) is 2.18. The van der Waals surface area contributed by atoms with Gasteiger partial charge in [0.25, 0.3) is 0 Å². The first kappa shape index (κ1) is 13.8. The van der Waals surface area contributed by atoms with Crippen LogP contribution in [0.2, 0.25) is 0 Å². The average Bonchev–Trinajstić information content (AvgIpc) is 2.78. The minimum atomic E-state index is -1.35. The van der Waals surface area contributed by atoms with E-state index in [4.69, 9.17) is 10.8 Å². The van der Waals surface area contributed by atoms with Crippen molar-refractivity contribution in [3.8, 4) is 0 Å². The highest BCUT2D eigenvalue weighted by molar-refractivity contribution is 5.90. The molecule has 0 aliphatic heterocycles. The van der Waals surface area contributed by atoms with E-state index in [0.717, 1.165) is 18.0 Å². The third-order valence-corrected chi connectivity index (χ3v) is 2.84. The van der Waals surface area contributed by atoms with E-state index in [2.05, 4.69) is 15.5 Å². The lowest BCUT2D eigenvalue weighted by atomic mass is 10.1. The molecule has 0 saturated carbocycles. The Hall–Kier alpha value is -2.64. The number of carboxylic acids is 1. The quantitative estimate of drug-likeness (QED) is 0.702. The fourth-order valence-corrected chi connectivity index (χ4v) is 1.75. The van der Waals surface area contributed by atoms with Gasteiger partial charge in [0.1, 0.15) is 18.0 Å². The molecule has 0 atom stereocenters. The highest BCUT2D eigenvalue weighted by Gasteiger charge is 2.13. The molecule has 2 aromatic rings. The number of aromatic nitrogens is 3. The Balaban J connectivity index is 2.05. The van der Waals surface area contributed by atoms with Crippen molar-refractivity contribution < 1.29 is 14.3 Å². The van der Waals surface area contributed by atoms with Crippen molar-refractivity contribution in [1.82, 2.24) is 14.8 Å². The summed E-state index contributed by atoms with van der Waals surface area (Å²) in [5, 5.41) is 19.4. The van der Waals surface area contributed by atoms with Gasteiger partial charge in [-0.05, 0) is 12.1 Å². The molecule has 4 N–H and O–H groups in total. The molecule has 1 aromatic carbocycles. The van der Waals surface area contributed by atoms with Crippen molar-refractivity contribution in [3.63, 3.8) is 0 Å². The Morgan fingerprint density at radius 2 is 2.30 bits per heavy atom. The number of nitrogen functional groups attached to an aromatic ring is 1. The fraction of sp³-hybridized carbons (Fsp3) is 0.250. The number of benzene rings is 1. The summed E-state index contributed by atoms with van der Waals surface area (Å²) in [6.45, 7) is 0.475. The molecule has 0 bridgehead atoms. The van der Waals surface area contributed by atoms with Crippen molar-refractivity contribution in [2.45, 2.75) is 6.42 Å². The van der Waals surface area contributed by atoms with Gasteiger partial charge in [-0.3, -0.25) is 0 Å². The van der Waals surface area contributed by atoms with Gasteiger partial charge in [-0.1, -0.05) is 0 Å². The van der Waals surface area contributed by atoms with Crippen LogP contribution in [0.1, 0.15) is 16.2 Å². The zero-order valence-electron chi connectivity index (χ0n) is 10.8. The number of anilines is 2. The summed E-state index contributed by atoms with van der Waals surface area (Å²) >= 11 is 0. The normalized spacial score (nSPS) is 10.5. The van der Waals surface area contributed by atoms with Crippen LogP contribution in [0.4, 0.5) is 15.8 Å². The minimum absolute atomic E-state index is 0.182. The number of nitrogens with two attached hydrogens (primary N) is 1. The minimum Gasteiger partial charge on any atom is -0.478 e. The van der Waals surface area contributed by atoms with Crippen LogP contribution in [-0.2, 0) is 13.5 Å². The van der Waals surface area contributed by atoms with Gasteiger partial charge in [0, 0.05) is 20.0 Å². The molecule has 0 saturated heterocycles. The zero-order chi connectivity index (χ0) is 14.7. The Morgan fingerprint density at radius 3 is 2.90 bits per heavy atom. The maximum absolute atomic E-state index is 13.5. The van der Waals surface area contributed by atoms with Crippen molar-refractivity contribution in [2.75, 3.05) is 17.6 Å². The first-order chi connectivity index (χ1) is 9.49. The van der Waals surface area contributed by atoms with Crippen LogP contribution >= 0.6 is 0 Å². The summed E-state index contributed by atoms with van der Waals surface area (Å²) in [5.74, 6) is -1.40. The molecule has 0 unspecified atom stereocenters. The van der Waals surface area contributed by atoms with Crippen LogP contribution in [0.3, 0.4) is 0 Å². The van der Waals surface area contributed by atoms with E-state index in [1.54, 1.807) is 10.9 Å². The van der Waals surface area contributed by atoms with E-state index in [1.807, 2.05) is 7.05 Å². The molecule has 0 fully saturated rings. The summed E-state index contributed by atoms with van der Waals surface area (Å²) in [6.07, 6.45) is 2.17. The van der Waals surface area contributed by atoms with Gasteiger partial charge < -0.3 is 20.7 Å². The summed E-state index contributed by atoms with van der Waals surface area (Å²) < 4.78 is 15.3. The van der Waals surface area contributed by atoms with Crippen molar-refractivity contribution in [2.24, 2.45) is 7.05 Å². The molecule has 7 nitrogen and oxygen atoms in total. The molecule has 0 radical (unpaired) electrons. The Bertz CT molecular complexity index is 641. The molecule has 8 heteroatoms. The molecule has 0 amide bonds. The zero-order valence-corrected chi connectivity index (χ0v) is 10.8. The molecule has 0 aliphatic carbocycles. The fourth-order valence-electron chi connectivity index (χ4n) is 1.75. The summed E-state index contributed by atoms with van der Waals surface area (Å²) in [4.78, 5) is 10.8. The van der Waals surface area contributed by atoms with Gasteiger partial charge in [0.2, 0.25) is 0 Å². The van der Waals surface area contributed by atoms with E-state index in [-0.39, 0.29) is 5.69 Å².